The van der Waals surface area contributed by atoms with Gasteiger partial charge in [0.15, 0.2) is 0 Å². The number of carbonyl (C=O) groups is 1. The molecule has 0 aromatic carbocycles. The van der Waals surface area contributed by atoms with E-state index in [2.05, 4.69) is 0 Å². The fourth-order valence-corrected chi connectivity index (χ4v) is 9.43. The van der Waals surface area contributed by atoms with Crippen LogP contribution in [0.3, 0.4) is 0 Å². The molecule has 78 valence electrons. The summed E-state index contributed by atoms with van der Waals surface area (Å²) >= 11 is -1.32. The van der Waals surface area contributed by atoms with Crippen molar-refractivity contribution in [1.82, 2.24) is 0 Å². The van der Waals surface area contributed by atoms with Crippen LogP contribution in [-0.4, -0.2) is 26.3 Å². The van der Waals surface area contributed by atoms with Crippen LogP contribution >= 0.6 is 8.25 Å². The Morgan fingerprint density at radius 3 is 2.64 bits per heavy atom. The third kappa shape index (κ3) is 3.07. The topological polar surface area (TPSA) is 35.5 Å². The van der Waals surface area contributed by atoms with Gasteiger partial charge in [-0.2, -0.15) is 0 Å². The predicted octanol–water partition coefficient (Wildman–Crippen LogP) is 2.00. The maximum atomic E-state index is 11.3. The van der Waals surface area contributed by atoms with E-state index in [0.29, 0.717) is 9.53 Å². The monoisotopic (exact) mass is 408 g/mol. The third-order valence-electron chi connectivity index (χ3n) is 2.95. The summed E-state index contributed by atoms with van der Waals surface area (Å²) in [7, 11) is 9.24. The van der Waals surface area contributed by atoms with Gasteiger partial charge in [-0.3, -0.25) is 0 Å². The summed E-state index contributed by atoms with van der Waals surface area (Å²) in [6.45, 7) is 0. The van der Waals surface area contributed by atoms with Gasteiger partial charge >= 0.3 is 101 Å². The average molecular weight is 407 g/mol. The molecule has 0 heterocycles. The van der Waals surface area contributed by atoms with Gasteiger partial charge in [-0.05, 0) is 0 Å². The number of hydrogen-bond donors (Lipinski definition) is 0. The Kier molecular flexibility index (Phi) is 5.71. The van der Waals surface area contributed by atoms with Gasteiger partial charge in [-0.1, -0.05) is 0 Å². The first-order valence-electron chi connectivity index (χ1n) is 4.89. The first-order chi connectivity index (χ1) is 6.72. The molecule has 3 nitrogen and oxygen atoms in total. The molecule has 14 heavy (non-hydrogen) atoms. The van der Waals surface area contributed by atoms with Crippen LogP contribution in [-0.2, 0) is 37.6 Å². The summed E-state index contributed by atoms with van der Waals surface area (Å²) in [5.74, 6) is -0.0155. The molecule has 0 spiro atoms. The average Bonchev–Trinajstić information content (AvgIpc) is 2.26. The number of hydrogen-bond acceptors (Lipinski definition) is 3. The van der Waals surface area contributed by atoms with Gasteiger partial charge < -0.3 is 0 Å². The molecule has 0 bridgehead atoms. The molecular formula is C9H15ClHgO3. The van der Waals surface area contributed by atoms with Gasteiger partial charge in [0.1, 0.15) is 0 Å². The molecule has 3 atom stereocenters. The van der Waals surface area contributed by atoms with Gasteiger partial charge in [0.05, 0.1) is 0 Å². The van der Waals surface area contributed by atoms with Crippen LogP contribution in [0.1, 0.15) is 19.3 Å². The number of esters is 1. The summed E-state index contributed by atoms with van der Waals surface area (Å²) in [6.07, 6.45) is 3.02. The molecule has 0 saturated heterocycles. The van der Waals surface area contributed by atoms with Crippen molar-refractivity contribution in [3.63, 3.8) is 0 Å². The molecule has 0 radical (unpaired) electrons. The van der Waals surface area contributed by atoms with Crippen molar-refractivity contribution in [2.45, 2.75) is 28.8 Å². The van der Waals surface area contributed by atoms with E-state index in [-0.39, 0.29) is 11.9 Å². The Hall–Kier alpha value is 0.655. The van der Waals surface area contributed by atoms with E-state index < -0.39 is 23.3 Å². The first kappa shape index (κ1) is 12.7. The van der Waals surface area contributed by atoms with Gasteiger partial charge in [-0.25, -0.2) is 0 Å². The second-order valence-corrected chi connectivity index (χ2v) is 11.7. The van der Waals surface area contributed by atoms with Crippen molar-refractivity contribution in [1.29, 1.82) is 0 Å². The van der Waals surface area contributed by atoms with Crippen molar-refractivity contribution in [2.24, 2.45) is 5.92 Å². The van der Waals surface area contributed by atoms with E-state index in [1.165, 1.54) is 7.11 Å². The van der Waals surface area contributed by atoms with Crippen LogP contribution < -0.4 is 0 Å². The number of rotatable bonds is 3. The van der Waals surface area contributed by atoms with E-state index in [9.17, 15) is 4.79 Å². The second kappa shape index (κ2) is 6.28. The van der Waals surface area contributed by atoms with Gasteiger partial charge in [0.2, 0.25) is 0 Å². The maximum absolute atomic E-state index is 11.3. The molecule has 1 aliphatic rings. The molecule has 0 amide bonds. The van der Waals surface area contributed by atoms with Crippen molar-refractivity contribution in [3.8, 4) is 0 Å². The molecule has 5 heteroatoms. The summed E-state index contributed by atoms with van der Waals surface area (Å²) in [5, 5.41) is 0. The number of methoxy groups -OCH3 is 2. The van der Waals surface area contributed by atoms with Crippen LogP contribution in [0.4, 0.5) is 0 Å². The first-order valence-corrected chi connectivity index (χ1v) is 14.8. The van der Waals surface area contributed by atoms with Gasteiger partial charge in [0.25, 0.3) is 0 Å². The fourth-order valence-electron chi connectivity index (χ4n) is 2.09. The van der Waals surface area contributed by atoms with Gasteiger partial charge in [0, 0.05) is 0 Å². The van der Waals surface area contributed by atoms with E-state index in [1.807, 2.05) is 0 Å². The molecule has 0 N–H and O–H groups in total. The molecule has 1 fully saturated rings. The quantitative estimate of drug-likeness (QED) is 0.531. The zero-order valence-corrected chi connectivity index (χ0v) is 14.9. The fraction of sp³-hybridized carbons (Fsp3) is 0.889. The van der Waals surface area contributed by atoms with E-state index in [1.54, 1.807) is 7.11 Å². The van der Waals surface area contributed by atoms with Crippen LogP contribution in [0.25, 0.3) is 0 Å². The minimum absolute atomic E-state index is 0.0650. The van der Waals surface area contributed by atoms with Crippen LogP contribution in [0.15, 0.2) is 0 Å². The van der Waals surface area contributed by atoms with E-state index in [4.69, 9.17) is 17.7 Å². The molecular weight excluding hydrogens is 392 g/mol. The Labute approximate surface area is 100 Å². The molecule has 0 aliphatic heterocycles. The molecule has 0 aromatic heterocycles. The van der Waals surface area contributed by atoms with Crippen LogP contribution in [0, 0.1) is 5.92 Å². The zero-order valence-electron chi connectivity index (χ0n) is 8.66. The molecule has 1 aliphatic carbocycles. The standard InChI is InChI=1S/C9H15O3.ClH.Hg/c1-11-8-5-3-7(4-6-8)9(10)12-2;;/h5,7-8H,3-4,6H2,1-2H3;1H;/q;;+1/p-1/t7-,8-;;/m1../s1. The number of ether oxygens (including phenoxy) is 2. The zero-order chi connectivity index (χ0) is 10.6. The normalized spacial score (nSPS) is 32.1. The van der Waals surface area contributed by atoms with E-state index >= 15 is 0 Å². The molecule has 1 saturated carbocycles. The van der Waals surface area contributed by atoms with Crippen molar-refractivity contribution in [2.75, 3.05) is 14.2 Å². The molecule has 0 unspecified atom stereocenters. The van der Waals surface area contributed by atoms with Crippen molar-refractivity contribution >= 4 is 14.2 Å². The Morgan fingerprint density at radius 1 is 1.43 bits per heavy atom. The van der Waals surface area contributed by atoms with Crippen LogP contribution in [0.5, 0.6) is 0 Å². The minimum atomic E-state index is -1.32. The molecule has 1 rings (SSSR count). The summed E-state index contributed by atoms with van der Waals surface area (Å²) in [4.78, 5) is 11.3. The SMILES string of the molecule is COC(=O)[C@H]1CC[C@H](OC)[C@@H]([Hg][Cl])C1. The van der Waals surface area contributed by atoms with Gasteiger partial charge in [-0.15, -0.1) is 0 Å². The summed E-state index contributed by atoms with van der Waals surface area (Å²) in [5.41, 5.74) is 0. The number of carbonyl (C=O) groups excluding carboxylic acids is 1. The Bertz CT molecular complexity index is 200. The third-order valence-corrected chi connectivity index (χ3v) is 11.3. The number of halogens is 1. The summed E-state index contributed by atoms with van der Waals surface area (Å²) in [6, 6.07) is 0. The van der Waals surface area contributed by atoms with Crippen LogP contribution in [0.2, 0.25) is 3.43 Å². The second-order valence-electron chi connectivity index (χ2n) is 3.72. The van der Waals surface area contributed by atoms with Crippen molar-refractivity contribution in [3.05, 3.63) is 0 Å². The Morgan fingerprint density at radius 2 is 2.14 bits per heavy atom. The summed E-state index contributed by atoms with van der Waals surface area (Å²) < 4.78 is 10.6. The predicted molar refractivity (Wildman–Crippen MR) is 49.8 cm³/mol. The van der Waals surface area contributed by atoms with E-state index in [0.717, 1.165) is 19.3 Å². The van der Waals surface area contributed by atoms with Crippen molar-refractivity contribution < 1.29 is 37.6 Å². The Balaban J connectivity index is 2.52. The molecule has 0 aromatic rings.